The fourth-order valence-electron chi connectivity index (χ4n) is 3.63. The molecule has 4 nitrogen and oxygen atoms in total. The molecule has 3 aliphatic rings. The molecular weight excluding hydrogens is 254 g/mol. The van der Waals surface area contributed by atoms with Crippen LogP contribution in [0.4, 0.5) is 0 Å². The van der Waals surface area contributed by atoms with Crippen LogP contribution in [-0.2, 0) is 10.3 Å². The van der Waals surface area contributed by atoms with Gasteiger partial charge in [-0.1, -0.05) is 12.2 Å². The first-order valence-corrected chi connectivity index (χ1v) is 6.75. The van der Waals surface area contributed by atoms with Gasteiger partial charge in [0.1, 0.15) is 22.6 Å². The SMILES string of the molecule is COC12C=CC(CC1)c1c2c(O)c2ncccc2c1O. The van der Waals surface area contributed by atoms with E-state index in [4.69, 9.17) is 4.74 Å². The van der Waals surface area contributed by atoms with Crippen LogP contribution in [0.2, 0.25) is 0 Å². The molecule has 2 bridgehead atoms. The first-order valence-electron chi connectivity index (χ1n) is 6.75. The lowest BCUT2D eigenvalue weighted by Crippen LogP contribution is -2.36. The number of methoxy groups -OCH3 is 1. The van der Waals surface area contributed by atoms with Gasteiger partial charge in [0.05, 0.1) is 0 Å². The quantitative estimate of drug-likeness (QED) is 0.617. The number of pyridine rings is 1. The molecule has 0 spiro atoms. The van der Waals surface area contributed by atoms with Crippen LogP contribution in [0.25, 0.3) is 10.9 Å². The predicted molar refractivity (Wildman–Crippen MR) is 74.9 cm³/mol. The zero-order valence-electron chi connectivity index (χ0n) is 11.1. The third kappa shape index (κ3) is 1.22. The number of hydrogen-bond acceptors (Lipinski definition) is 4. The number of aromatic hydroxyl groups is 2. The predicted octanol–water partition coefficient (Wildman–Crippen LogP) is 2.93. The molecule has 0 radical (unpaired) electrons. The van der Waals surface area contributed by atoms with Gasteiger partial charge in [0, 0.05) is 35.7 Å². The normalized spacial score (nSPS) is 26.9. The van der Waals surface area contributed by atoms with Crippen LogP contribution in [-0.4, -0.2) is 22.3 Å². The lowest BCUT2D eigenvalue weighted by atomic mass is 9.67. The number of fused-ring (bicyclic) bond motifs is 2. The van der Waals surface area contributed by atoms with Crippen molar-refractivity contribution >= 4 is 10.9 Å². The van der Waals surface area contributed by atoms with Crippen LogP contribution >= 0.6 is 0 Å². The van der Waals surface area contributed by atoms with Crippen molar-refractivity contribution in [1.82, 2.24) is 4.98 Å². The summed E-state index contributed by atoms with van der Waals surface area (Å²) in [4.78, 5) is 4.21. The van der Waals surface area contributed by atoms with Crippen LogP contribution in [0.5, 0.6) is 11.5 Å². The molecular formula is C16H15NO3. The van der Waals surface area contributed by atoms with Crippen molar-refractivity contribution in [1.29, 1.82) is 0 Å². The molecule has 2 unspecified atom stereocenters. The second kappa shape index (κ2) is 3.73. The molecule has 3 aliphatic carbocycles. The Morgan fingerprint density at radius 1 is 1.35 bits per heavy atom. The Morgan fingerprint density at radius 2 is 2.20 bits per heavy atom. The summed E-state index contributed by atoms with van der Waals surface area (Å²) in [7, 11) is 1.64. The molecule has 0 aliphatic heterocycles. The largest absolute Gasteiger partial charge is 0.507 e. The Morgan fingerprint density at radius 3 is 2.90 bits per heavy atom. The minimum Gasteiger partial charge on any atom is -0.507 e. The molecule has 4 heteroatoms. The average Bonchev–Trinajstić information content (AvgIpc) is 2.53. The van der Waals surface area contributed by atoms with Gasteiger partial charge >= 0.3 is 0 Å². The number of hydrogen-bond donors (Lipinski definition) is 2. The highest BCUT2D eigenvalue weighted by Gasteiger charge is 2.45. The van der Waals surface area contributed by atoms with E-state index in [-0.39, 0.29) is 17.4 Å². The summed E-state index contributed by atoms with van der Waals surface area (Å²) in [5.41, 5.74) is 1.26. The zero-order chi connectivity index (χ0) is 13.9. The summed E-state index contributed by atoms with van der Waals surface area (Å²) in [6.45, 7) is 0. The smallest absolute Gasteiger partial charge is 0.148 e. The number of rotatable bonds is 1. The van der Waals surface area contributed by atoms with E-state index < -0.39 is 5.60 Å². The van der Waals surface area contributed by atoms with Gasteiger partial charge in [-0.25, -0.2) is 0 Å². The molecule has 2 N–H and O–H groups in total. The number of ether oxygens (including phenoxy) is 1. The molecule has 0 fully saturated rings. The summed E-state index contributed by atoms with van der Waals surface area (Å²) >= 11 is 0. The van der Waals surface area contributed by atoms with Crippen LogP contribution in [0.3, 0.4) is 0 Å². The highest BCUT2D eigenvalue weighted by molar-refractivity contribution is 5.93. The Balaban J connectivity index is 2.18. The van der Waals surface area contributed by atoms with Gasteiger partial charge in [-0.3, -0.25) is 4.98 Å². The Kier molecular flexibility index (Phi) is 2.19. The van der Waals surface area contributed by atoms with Crippen LogP contribution in [0.15, 0.2) is 30.5 Å². The second-order valence-electron chi connectivity index (χ2n) is 5.48. The van der Waals surface area contributed by atoms with E-state index in [2.05, 4.69) is 11.1 Å². The molecule has 1 aromatic heterocycles. The summed E-state index contributed by atoms with van der Waals surface area (Å²) < 4.78 is 5.69. The highest BCUT2D eigenvalue weighted by Crippen LogP contribution is 2.57. The average molecular weight is 269 g/mol. The lowest BCUT2D eigenvalue weighted by molar-refractivity contribution is 0.00450. The first kappa shape index (κ1) is 11.7. The number of phenolic OH excluding ortho intramolecular Hbond substituents is 2. The van der Waals surface area contributed by atoms with E-state index in [0.717, 1.165) is 18.4 Å². The maximum absolute atomic E-state index is 10.7. The van der Waals surface area contributed by atoms with Gasteiger partial charge in [0.15, 0.2) is 0 Å². The number of phenols is 2. The summed E-state index contributed by atoms with van der Waals surface area (Å²) in [5, 5.41) is 21.9. The topological polar surface area (TPSA) is 62.6 Å². The summed E-state index contributed by atoms with van der Waals surface area (Å²) in [6, 6.07) is 3.54. The van der Waals surface area contributed by atoms with E-state index in [0.29, 0.717) is 16.5 Å². The maximum atomic E-state index is 10.7. The zero-order valence-corrected chi connectivity index (χ0v) is 11.1. The maximum Gasteiger partial charge on any atom is 0.148 e. The molecule has 2 atom stereocenters. The molecule has 0 saturated heterocycles. The van der Waals surface area contributed by atoms with E-state index in [9.17, 15) is 10.2 Å². The van der Waals surface area contributed by atoms with Crippen molar-refractivity contribution in [3.8, 4) is 11.5 Å². The highest BCUT2D eigenvalue weighted by atomic mass is 16.5. The van der Waals surface area contributed by atoms with Gasteiger partial charge in [0.2, 0.25) is 0 Å². The fraction of sp³-hybridized carbons (Fsp3) is 0.312. The van der Waals surface area contributed by atoms with Gasteiger partial charge in [0.25, 0.3) is 0 Å². The standard InChI is InChI=1S/C16H15NO3/c1-20-16-6-4-9(5-7-16)11-12(16)15(19)13-10(14(11)18)3-2-8-17-13/h2-4,6,8-9,18-19H,5,7H2,1H3. The number of benzene rings is 1. The summed E-state index contributed by atoms with van der Waals surface area (Å²) in [5.74, 6) is 0.484. The van der Waals surface area contributed by atoms with Crippen molar-refractivity contribution in [2.24, 2.45) is 0 Å². The van der Waals surface area contributed by atoms with E-state index in [1.165, 1.54) is 0 Å². The molecule has 0 amide bonds. The Labute approximate surface area is 116 Å². The molecule has 20 heavy (non-hydrogen) atoms. The third-order valence-electron chi connectivity index (χ3n) is 4.63. The number of aromatic nitrogens is 1. The molecule has 1 aromatic carbocycles. The minimum atomic E-state index is -0.642. The second-order valence-corrected chi connectivity index (χ2v) is 5.48. The lowest BCUT2D eigenvalue weighted by Gasteiger charge is -2.43. The van der Waals surface area contributed by atoms with E-state index >= 15 is 0 Å². The van der Waals surface area contributed by atoms with Crippen molar-refractivity contribution in [3.63, 3.8) is 0 Å². The van der Waals surface area contributed by atoms with Gasteiger partial charge in [-0.05, 0) is 25.0 Å². The van der Waals surface area contributed by atoms with Gasteiger partial charge in [-0.15, -0.1) is 0 Å². The van der Waals surface area contributed by atoms with E-state index in [1.807, 2.05) is 6.08 Å². The molecule has 5 rings (SSSR count). The van der Waals surface area contributed by atoms with E-state index in [1.54, 1.807) is 25.4 Å². The van der Waals surface area contributed by atoms with Crippen LogP contribution in [0, 0.1) is 0 Å². The fourth-order valence-corrected chi connectivity index (χ4v) is 3.63. The van der Waals surface area contributed by atoms with Crippen molar-refractivity contribution < 1.29 is 14.9 Å². The van der Waals surface area contributed by atoms with Gasteiger partial charge < -0.3 is 14.9 Å². The first-order chi connectivity index (χ1) is 9.68. The Hall–Kier alpha value is -2.07. The Bertz CT molecular complexity index is 753. The molecule has 1 heterocycles. The third-order valence-corrected chi connectivity index (χ3v) is 4.63. The minimum absolute atomic E-state index is 0.129. The number of nitrogens with zero attached hydrogens (tertiary/aromatic N) is 1. The molecule has 0 saturated carbocycles. The van der Waals surface area contributed by atoms with Crippen molar-refractivity contribution in [2.75, 3.05) is 7.11 Å². The van der Waals surface area contributed by atoms with Gasteiger partial charge in [-0.2, -0.15) is 0 Å². The molecule has 102 valence electrons. The monoisotopic (exact) mass is 269 g/mol. The number of allylic oxidation sites excluding steroid dienone is 1. The summed E-state index contributed by atoms with van der Waals surface area (Å²) in [6.07, 6.45) is 7.40. The van der Waals surface area contributed by atoms with Crippen molar-refractivity contribution in [3.05, 3.63) is 41.6 Å². The van der Waals surface area contributed by atoms with Crippen LogP contribution < -0.4 is 0 Å². The van der Waals surface area contributed by atoms with Crippen molar-refractivity contribution in [2.45, 2.75) is 24.4 Å². The molecule has 2 aromatic rings. The van der Waals surface area contributed by atoms with Crippen LogP contribution in [0.1, 0.15) is 29.9 Å².